The Morgan fingerprint density at radius 3 is 2.33 bits per heavy atom. The minimum atomic E-state index is -4.04. The van der Waals surface area contributed by atoms with Gasteiger partial charge in [0.05, 0.1) is 25.9 Å². The summed E-state index contributed by atoms with van der Waals surface area (Å²) < 4.78 is 31.6. The van der Waals surface area contributed by atoms with Crippen molar-refractivity contribution in [1.82, 2.24) is 0 Å². The summed E-state index contributed by atoms with van der Waals surface area (Å²) in [5, 5.41) is 38.4. The number of methoxy groups -OCH3 is 1. The summed E-state index contributed by atoms with van der Waals surface area (Å²) in [5.74, 6) is -0.544. The Bertz CT molecular complexity index is 416. The molecule has 5 unspecified atom stereocenters. The van der Waals surface area contributed by atoms with Gasteiger partial charge in [-0.15, -0.1) is 0 Å². The van der Waals surface area contributed by atoms with E-state index in [1.807, 2.05) is 0 Å². The van der Waals surface area contributed by atoms with Crippen molar-refractivity contribution in [3.8, 4) is 0 Å². The molecule has 0 radical (unpaired) electrons. The molecule has 1 saturated heterocycles. The van der Waals surface area contributed by atoms with Crippen LogP contribution in [0.25, 0.3) is 0 Å². The largest absolute Gasteiger partial charge is 0.779 e. The fourth-order valence-electron chi connectivity index (χ4n) is 2.41. The van der Waals surface area contributed by atoms with Crippen molar-refractivity contribution in [1.29, 1.82) is 0 Å². The highest BCUT2D eigenvalue weighted by molar-refractivity contribution is 7.50. The maximum absolute atomic E-state index is 11.3. The lowest BCUT2D eigenvalue weighted by Gasteiger charge is -2.27. The molecule has 8 atom stereocenters. The highest BCUT2D eigenvalue weighted by atomic mass is 31.2. The first-order valence-corrected chi connectivity index (χ1v) is 9.47. The zero-order valence-electron chi connectivity index (χ0n) is 13.8. The van der Waals surface area contributed by atoms with Crippen LogP contribution < -0.4 is 4.89 Å². The van der Waals surface area contributed by atoms with Gasteiger partial charge in [0, 0.05) is 19.7 Å². The lowest BCUT2D eigenvalue weighted by molar-refractivity contribution is -0.203. The van der Waals surface area contributed by atoms with Gasteiger partial charge in [-0.3, -0.25) is 0 Å². The molecule has 1 fully saturated rings. The van der Waals surface area contributed by atoms with Gasteiger partial charge in [-0.25, -0.2) is 0 Å². The minimum Gasteiger partial charge on any atom is -0.779 e. The third-order valence-electron chi connectivity index (χ3n) is 3.67. The van der Waals surface area contributed by atoms with Crippen molar-refractivity contribution in [3.63, 3.8) is 0 Å². The van der Waals surface area contributed by atoms with Crippen LogP contribution in [-0.4, -0.2) is 90.8 Å². The summed E-state index contributed by atoms with van der Waals surface area (Å²) in [7, 11) is -2.70. The van der Waals surface area contributed by atoms with E-state index in [0.717, 1.165) is 6.66 Å². The van der Waals surface area contributed by atoms with Gasteiger partial charge in [0.2, 0.25) is 0 Å². The Kier molecular flexibility index (Phi) is 8.71. The maximum atomic E-state index is 11.3. The molecule has 10 nitrogen and oxygen atoms in total. The zero-order valence-corrected chi connectivity index (χ0v) is 14.7. The van der Waals surface area contributed by atoms with Gasteiger partial charge in [-0.05, 0) is 0 Å². The third-order valence-corrected chi connectivity index (χ3v) is 4.30. The first kappa shape index (κ1) is 21.9. The second-order valence-corrected chi connectivity index (χ2v) is 7.59. The van der Waals surface area contributed by atoms with Crippen molar-refractivity contribution in [2.75, 3.05) is 33.6 Å². The standard InChI is InChI=1S/C13H27O10P/c1-7-12(23-24(3,18)19)10(4-14)22-13(7)21-6-9(16)11(17)8(15)5-20-2/h7-17H,4-6H2,1-3H3,(H,18,19)/p-1/t7?,8?,9?,10-,11?,12-,13-/m1/s1. The van der Waals surface area contributed by atoms with E-state index < -0.39 is 56.9 Å². The highest BCUT2D eigenvalue weighted by Crippen LogP contribution is 2.41. The molecule has 0 bridgehead atoms. The van der Waals surface area contributed by atoms with E-state index in [2.05, 4.69) is 4.74 Å². The van der Waals surface area contributed by atoms with Gasteiger partial charge in [-0.1, -0.05) is 6.92 Å². The number of hydrogen-bond acceptors (Lipinski definition) is 10. The average molecular weight is 373 g/mol. The van der Waals surface area contributed by atoms with Crippen LogP contribution >= 0.6 is 7.60 Å². The SMILES string of the molecule is COCC(O)C(O)C(O)CO[C@@H]1O[C@H](CO)[C@H](OP(C)(=O)[O-])C1C. The Labute approximate surface area is 140 Å². The van der Waals surface area contributed by atoms with E-state index in [9.17, 15) is 29.9 Å². The van der Waals surface area contributed by atoms with E-state index in [-0.39, 0.29) is 13.2 Å². The second kappa shape index (κ2) is 9.54. The molecule has 0 amide bonds. The van der Waals surface area contributed by atoms with Crippen molar-refractivity contribution < 1.29 is 48.6 Å². The number of aliphatic hydroxyl groups excluding tert-OH is 4. The molecule has 0 aromatic heterocycles. The normalized spacial score (nSPS) is 33.8. The van der Waals surface area contributed by atoms with Gasteiger partial charge < -0.3 is 48.6 Å². The van der Waals surface area contributed by atoms with Gasteiger partial charge >= 0.3 is 0 Å². The van der Waals surface area contributed by atoms with E-state index in [1.54, 1.807) is 6.92 Å². The predicted octanol–water partition coefficient (Wildman–Crippen LogP) is -2.35. The Balaban J connectivity index is 2.57. The lowest BCUT2D eigenvalue weighted by Crippen LogP contribution is -2.43. The van der Waals surface area contributed by atoms with Crippen LogP contribution in [-0.2, 0) is 23.3 Å². The molecule has 24 heavy (non-hydrogen) atoms. The fourth-order valence-corrected chi connectivity index (χ4v) is 3.18. The van der Waals surface area contributed by atoms with E-state index >= 15 is 0 Å². The van der Waals surface area contributed by atoms with Crippen LogP contribution in [0.2, 0.25) is 0 Å². The molecule has 1 aliphatic heterocycles. The van der Waals surface area contributed by atoms with Gasteiger partial charge in [0.1, 0.15) is 32.0 Å². The van der Waals surface area contributed by atoms with E-state index in [1.165, 1.54) is 7.11 Å². The Morgan fingerprint density at radius 1 is 1.25 bits per heavy atom. The van der Waals surface area contributed by atoms with Crippen molar-refractivity contribution in [2.45, 2.75) is 43.7 Å². The first-order valence-electron chi connectivity index (χ1n) is 7.48. The van der Waals surface area contributed by atoms with Gasteiger partial charge in [0.15, 0.2) is 6.29 Å². The monoisotopic (exact) mass is 373 g/mol. The lowest BCUT2D eigenvalue weighted by atomic mass is 10.0. The predicted molar refractivity (Wildman–Crippen MR) is 79.2 cm³/mol. The molecule has 0 aliphatic carbocycles. The summed E-state index contributed by atoms with van der Waals surface area (Å²) in [6.45, 7) is 1.53. The molecule has 0 saturated carbocycles. The number of aliphatic hydroxyl groups is 4. The molecule has 4 N–H and O–H groups in total. The van der Waals surface area contributed by atoms with Crippen LogP contribution in [0.5, 0.6) is 0 Å². The summed E-state index contributed by atoms with van der Waals surface area (Å²) in [6.07, 6.45) is -6.94. The zero-order chi connectivity index (χ0) is 18.5. The second-order valence-electron chi connectivity index (χ2n) is 5.84. The highest BCUT2D eigenvalue weighted by Gasteiger charge is 2.44. The Hall–Kier alpha value is -0.130. The molecule has 0 aromatic carbocycles. The topological polar surface area (TPSA) is 158 Å². The quantitative estimate of drug-likeness (QED) is 0.306. The average Bonchev–Trinajstić information content (AvgIpc) is 2.78. The van der Waals surface area contributed by atoms with Crippen molar-refractivity contribution in [3.05, 3.63) is 0 Å². The van der Waals surface area contributed by atoms with E-state index in [4.69, 9.17) is 14.0 Å². The van der Waals surface area contributed by atoms with Crippen LogP contribution in [0.15, 0.2) is 0 Å². The molecular formula is C13H26O10P-. The third kappa shape index (κ3) is 6.30. The molecule has 0 spiro atoms. The van der Waals surface area contributed by atoms with Gasteiger partial charge in [0.25, 0.3) is 0 Å². The number of rotatable bonds is 10. The van der Waals surface area contributed by atoms with E-state index in [0.29, 0.717) is 0 Å². The van der Waals surface area contributed by atoms with Crippen LogP contribution in [0.4, 0.5) is 0 Å². The molecular weight excluding hydrogens is 347 g/mol. The number of ether oxygens (including phenoxy) is 3. The maximum Gasteiger partial charge on any atom is 0.163 e. The van der Waals surface area contributed by atoms with Crippen LogP contribution in [0.3, 0.4) is 0 Å². The van der Waals surface area contributed by atoms with Crippen LogP contribution in [0.1, 0.15) is 6.92 Å². The molecule has 1 aliphatic rings. The molecule has 1 heterocycles. The van der Waals surface area contributed by atoms with Crippen LogP contribution in [0, 0.1) is 5.92 Å². The summed E-state index contributed by atoms with van der Waals surface area (Å²) in [4.78, 5) is 11.3. The molecule has 0 aromatic rings. The molecule has 144 valence electrons. The summed E-state index contributed by atoms with van der Waals surface area (Å²) in [5.41, 5.74) is 0. The Morgan fingerprint density at radius 2 is 1.83 bits per heavy atom. The molecule has 1 rings (SSSR count). The summed E-state index contributed by atoms with van der Waals surface area (Å²) >= 11 is 0. The smallest absolute Gasteiger partial charge is 0.163 e. The molecule has 11 heteroatoms. The minimum absolute atomic E-state index is 0.160. The first-order chi connectivity index (χ1) is 11.1. The van der Waals surface area contributed by atoms with Gasteiger partial charge in [-0.2, -0.15) is 0 Å². The van der Waals surface area contributed by atoms with Crippen molar-refractivity contribution >= 4 is 7.60 Å². The van der Waals surface area contributed by atoms with Crippen molar-refractivity contribution in [2.24, 2.45) is 5.92 Å². The number of hydrogen-bond donors (Lipinski definition) is 4. The summed E-state index contributed by atoms with van der Waals surface area (Å²) in [6, 6.07) is 0. The fraction of sp³-hybridized carbons (Fsp3) is 1.00.